The van der Waals surface area contributed by atoms with Crippen LogP contribution in [0.2, 0.25) is 6.04 Å². The Morgan fingerprint density at radius 1 is 0.800 bits per heavy atom. The number of rotatable bonds is 13. The average Bonchev–Trinajstić information content (AvgIpc) is 2.44. The van der Waals surface area contributed by atoms with Gasteiger partial charge < -0.3 is 0 Å². The molecule has 0 aromatic heterocycles. The summed E-state index contributed by atoms with van der Waals surface area (Å²) in [5, 5.41) is 0. The van der Waals surface area contributed by atoms with E-state index < -0.39 is 8.80 Å². The van der Waals surface area contributed by atoms with Gasteiger partial charge in [0.25, 0.3) is 0 Å². The fraction of sp³-hybridized carbons (Fsp3) is 0.882. The summed E-state index contributed by atoms with van der Waals surface area (Å²) >= 11 is 0. The first-order valence-corrected chi connectivity index (χ1v) is 10.9. The Kier molecular flexibility index (Phi) is 12.5. The summed E-state index contributed by atoms with van der Waals surface area (Å²) in [6, 6.07) is 1.32. The molecule has 0 fully saturated rings. The second-order valence-corrected chi connectivity index (χ2v) is 9.01. The highest BCUT2D eigenvalue weighted by Gasteiger charge is 2.29. The molecule has 3 heteroatoms. The average molecular weight is 299 g/mol. The van der Waals surface area contributed by atoms with E-state index in [1.54, 1.807) is 0 Å². The van der Waals surface area contributed by atoms with Gasteiger partial charge in [-0.25, -0.2) is 0 Å². The quantitative estimate of drug-likeness (QED) is 0.373. The number of hydrogen-bond acceptors (Lipinski definition) is 2. The fourth-order valence-electron chi connectivity index (χ4n) is 3.17. The molecule has 2 nitrogen and oxygen atoms in total. The molecule has 0 N–H and O–H groups in total. The normalized spacial score (nSPS) is 13.4. The lowest BCUT2D eigenvalue weighted by molar-refractivity contribution is 0.0930. The van der Waals surface area contributed by atoms with Crippen LogP contribution in [0.3, 0.4) is 0 Å². The summed E-state index contributed by atoms with van der Waals surface area (Å²) in [5.41, 5.74) is 2.32. The van der Waals surface area contributed by atoms with Crippen LogP contribution in [0.25, 0.3) is 0 Å². The minimum absolute atomic E-state index is 0.678. The molecule has 0 aromatic carbocycles. The van der Waals surface area contributed by atoms with Crippen molar-refractivity contribution >= 4 is 8.80 Å². The maximum Gasteiger partial charge on any atom is 0.0976 e. The molecule has 120 valence electrons. The van der Waals surface area contributed by atoms with Gasteiger partial charge >= 0.3 is 0 Å². The van der Waals surface area contributed by atoms with Crippen molar-refractivity contribution in [1.29, 1.82) is 0 Å². The first-order chi connectivity index (χ1) is 9.69. The third-order valence-corrected chi connectivity index (χ3v) is 7.11. The predicted molar refractivity (Wildman–Crippen MR) is 95.9 cm³/mol. The van der Waals surface area contributed by atoms with Crippen LogP contribution >= 0.6 is 0 Å². The van der Waals surface area contributed by atoms with Gasteiger partial charge in [0.15, 0.2) is 0 Å². The molecule has 0 aliphatic rings. The van der Waals surface area contributed by atoms with Crippen molar-refractivity contribution in [2.24, 2.45) is 0 Å². The van der Waals surface area contributed by atoms with Crippen molar-refractivity contribution in [3.63, 3.8) is 0 Å². The molecular weight excluding hydrogens is 260 g/mol. The molecule has 1 unspecified atom stereocenters. The van der Waals surface area contributed by atoms with Crippen LogP contribution in [-0.2, 0) is 0 Å². The van der Waals surface area contributed by atoms with Crippen LogP contribution in [0.5, 0.6) is 0 Å². The van der Waals surface area contributed by atoms with Crippen LogP contribution in [0, 0.1) is 0 Å². The predicted octanol–water partition coefficient (Wildman–Crippen LogP) is 4.07. The monoisotopic (exact) mass is 298 g/mol. The molecule has 0 spiro atoms. The third-order valence-electron chi connectivity index (χ3n) is 3.95. The van der Waals surface area contributed by atoms with Gasteiger partial charge in [0.2, 0.25) is 0 Å². The minimum atomic E-state index is -0.933. The molecule has 0 saturated heterocycles. The summed E-state index contributed by atoms with van der Waals surface area (Å²) in [7, 11) is -0.933. The zero-order chi connectivity index (χ0) is 15.4. The van der Waals surface area contributed by atoms with E-state index in [-0.39, 0.29) is 0 Å². The summed E-state index contributed by atoms with van der Waals surface area (Å²) in [4.78, 5) is 5.51. The Morgan fingerprint density at radius 2 is 1.15 bits per heavy atom. The van der Waals surface area contributed by atoms with Gasteiger partial charge in [-0.1, -0.05) is 40.7 Å². The standard InChI is InChI=1S/C17H38N2Si/c1-7-13-18(14-8-2)17(20(11-5)12-6)19(15-9-3)16-10-4/h11,17,20H,5,7-10,12-16H2,1-4,6H3. The van der Waals surface area contributed by atoms with Gasteiger partial charge in [-0.15, -0.1) is 12.3 Å². The minimum Gasteiger partial charge on any atom is -0.291 e. The van der Waals surface area contributed by atoms with Gasteiger partial charge in [0, 0.05) is 0 Å². The zero-order valence-corrected chi connectivity index (χ0v) is 15.9. The van der Waals surface area contributed by atoms with Crippen LogP contribution in [0.4, 0.5) is 0 Å². The van der Waals surface area contributed by atoms with Gasteiger partial charge in [0.05, 0.1) is 14.6 Å². The molecule has 0 aliphatic carbocycles. The molecule has 0 aromatic rings. The Morgan fingerprint density at radius 3 is 1.35 bits per heavy atom. The van der Waals surface area contributed by atoms with Crippen molar-refractivity contribution in [3.8, 4) is 0 Å². The highest BCUT2D eigenvalue weighted by atomic mass is 28.3. The lowest BCUT2D eigenvalue weighted by Crippen LogP contribution is -2.57. The Hall–Kier alpha value is -0.123. The van der Waals surface area contributed by atoms with Crippen molar-refractivity contribution < 1.29 is 0 Å². The van der Waals surface area contributed by atoms with Crippen molar-refractivity contribution in [1.82, 2.24) is 9.80 Å². The fourth-order valence-corrected chi connectivity index (χ4v) is 5.85. The van der Waals surface area contributed by atoms with Gasteiger partial charge in [-0.2, -0.15) is 0 Å². The van der Waals surface area contributed by atoms with Crippen molar-refractivity contribution in [3.05, 3.63) is 12.3 Å². The van der Waals surface area contributed by atoms with Crippen LogP contribution in [0.1, 0.15) is 60.3 Å². The second-order valence-electron chi connectivity index (χ2n) is 5.79. The summed E-state index contributed by atoms with van der Waals surface area (Å²) < 4.78 is 0. The molecule has 0 saturated carbocycles. The number of hydrogen-bond donors (Lipinski definition) is 0. The topological polar surface area (TPSA) is 6.48 Å². The highest BCUT2D eigenvalue weighted by Crippen LogP contribution is 2.16. The van der Waals surface area contributed by atoms with Crippen molar-refractivity contribution in [2.75, 3.05) is 26.2 Å². The van der Waals surface area contributed by atoms with Crippen LogP contribution < -0.4 is 0 Å². The molecule has 0 aliphatic heterocycles. The lowest BCUT2D eigenvalue weighted by Gasteiger charge is -2.43. The first kappa shape index (κ1) is 19.9. The molecule has 0 amide bonds. The van der Waals surface area contributed by atoms with Crippen LogP contribution in [0.15, 0.2) is 12.3 Å². The molecule has 0 bridgehead atoms. The molecule has 0 radical (unpaired) electrons. The smallest absolute Gasteiger partial charge is 0.0976 e. The molecule has 1 atom stereocenters. The van der Waals surface area contributed by atoms with E-state index in [0.717, 1.165) is 0 Å². The highest BCUT2D eigenvalue weighted by molar-refractivity contribution is 6.65. The van der Waals surface area contributed by atoms with Gasteiger partial charge in [-0.05, 0) is 51.9 Å². The Bertz CT molecular complexity index is 205. The van der Waals surface area contributed by atoms with E-state index in [4.69, 9.17) is 0 Å². The zero-order valence-electron chi connectivity index (χ0n) is 14.7. The summed E-state index contributed by atoms with van der Waals surface area (Å²) in [6.07, 6.45) is 5.02. The third kappa shape index (κ3) is 6.55. The Labute approximate surface area is 129 Å². The Balaban J connectivity index is 5.20. The van der Waals surface area contributed by atoms with E-state index >= 15 is 0 Å². The second kappa shape index (κ2) is 12.6. The SMILES string of the molecule is C=C[SiH](CC)C(N(CCC)CCC)N(CCC)CCC. The van der Waals surface area contributed by atoms with E-state index in [0.29, 0.717) is 5.79 Å². The number of nitrogens with zero attached hydrogens (tertiary/aromatic N) is 2. The van der Waals surface area contributed by atoms with Crippen LogP contribution in [-0.4, -0.2) is 50.6 Å². The molecule has 20 heavy (non-hydrogen) atoms. The lowest BCUT2D eigenvalue weighted by atomic mass is 10.3. The molecule has 0 heterocycles. The van der Waals surface area contributed by atoms with Gasteiger partial charge in [-0.3, -0.25) is 9.80 Å². The summed E-state index contributed by atoms with van der Waals surface area (Å²) in [5.74, 6) is 0.678. The first-order valence-electron chi connectivity index (χ1n) is 8.80. The van der Waals surface area contributed by atoms with E-state index in [2.05, 4.69) is 56.7 Å². The maximum atomic E-state index is 4.17. The van der Waals surface area contributed by atoms with E-state index in [1.165, 1.54) is 57.9 Å². The van der Waals surface area contributed by atoms with Crippen molar-refractivity contribution in [2.45, 2.75) is 72.1 Å². The van der Waals surface area contributed by atoms with Gasteiger partial charge in [0.1, 0.15) is 0 Å². The molecular formula is C17H38N2Si. The summed E-state index contributed by atoms with van der Waals surface area (Å²) in [6.45, 7) is 20.7. The molecule has 0 rings (SSSR count). The largest absolute Gasteiger partial charge is 0.291 e. The maximum absolute atomic E-state index is 4.17. The van der Waals surface area contributed by atoms with E-state index in [9.17, 15) is 0 Å². The van der Waals surface area contributed by atoms with E-state index in [1.807, 2.05) is 0 Å².